The average Bonchev–Trinajstić information content (AvgIpc) is 3.13. The summed E-state index contributed by atoms with van der Waals surface area (Å²) in [4.78, 5) is 27.7. The summed E-state index contributed by atoms with van der Waals surface area (Å²) < 4.78 is 1.46. The third-order valence-corrected chi connectivity index (χ3v) is 4.81. The van der Waals surface area contributed by atoms with Gasteiger partial charge in [0.15, 0.2) is 0 Å². The van der Waals surface area contributed by atoms with E-state index in [0.717, 1.165) is 5.56 Å². The average molecular weight is 409 g/mol. The van der Waals surface area contributed by atoms with Gasteiger partial charge in [-0.25, -0.2) is 4.68 Å². The molecular weight excluding hydrogens is 392 g/mol. The van der Waals surface area contributed by atoms with Crippen molar-refractivity contribution in [3.63, 3.8) is 0 Å². The number of carbonyl (C=O) groups excluding carboxylic acids is 1. The molecule has 7 nitrogen and oxygen atoms in total. The van der Waals surface area contributed by atoms with E-state index in [1.165, 1.54) is 10.9 Å². The third kappa shape index (κ3) is 3.72. The van der Waals surface area contributed by atoms with E-state index >= 15 is 0 Å². The minimum Gasteiger partial charge on any atom is -0.506 e. The number of carbonyl (C=O) groups is 1. The lowest BCUT2D eigenvalue weighted by atomic mass is 10.1. The summed E-state index contributed by atoms with van der Waals surface area (Å²) in [6.45, 7) is 0.337. The van der Waals surface area contributed by atoms with E-state index in [9.17, 15) is 14.7 Å². The number of nitrogens with one attached hydrogen (secondary N) is 2. The molecule has 2 heterocycles. The maximum atomic E-state index is 12.5. The number of aromatic hydroxyl groups is 1. The molecule has 0 spiro atoms. The van der Waals surface area contributed by atoms with Crippen molar-refractivity contribution in [3.05, 3.63) is 87.3 Å². The van der Waals surface area contributed by atoms with Crippen molar-refractivity contribution >= 4 is 28.5 Å². The van der Waals surface area contributed by atoms with Gasteiger partial charge in [-0.05, 0) is 36.2 Å². The number of aromatic amines is 1. The van der Waals surface area contributed by atoms with Gasteiger partial charge in [-0.1, -0.05) is 41.9 Å². The number of rotatable bonds is 5. The first-order valence-electron chi connectivity index (χ1n) is 8.95. The minimum atomic E-state index is -0.692. The van der Waals surface area contributed by atoms with Crippen LogP contribution in [0.5, 0.6) is 5.75 Å². The van der Waals surface area contributed by atoms with Crippen molar-refractivity contribution in [1.82, 2.24) is 20.1 Å². The van der Waals surface area contributed by atoms with Gasteiger partial charge in [-0.2, -0.15) is 5.10 Å². The fraction of sp³-hybridized carbons (Fsp3) is 0.0952. The molecule has 0 radical (unpaired) electrons. The van der Waals surface area contributed by atoms with E-state index < -0.39 is 17.2 Å². The number of hydrogen-bond acceptors (Lipinski definition) is 4. The maximum Gasteiger partial charge on any atom is 0.266 e. The maximum absolute atomic E-state index is 12.5. The van der Waals surface area contributed by atoms with Gasteiger partial charge in [-0.3, -0.25) is 9.59 Å². The van der Waals surface area contributed by atoms with Crippen molar-refractivity contribution in [1.29, 1.82) is 0 Å². The van der Waals surface area contributed by atoms with Gasteiger partial charge in [0.2, 0.25) is 0 Å². The van der Waals surface area contributed by atoms with Gasteiger partial charge < -0.3 is 15.4 Å². The fourth-order valence-corrected chi connectivity index (χ4v) is 3.22. The van der Waals surface area contributed by atoms with Gasteiger partial charge in [0.1, 0.15) is 17.0 Å². The lowest BCUT2D eigenvalue weighted by molar-refractivity contribution is 0.0950. The van der Waals surface area contributed by atoms with Crippen LogP contribution in [0.1, 0.15) is 15.9 Å². The van der Waals surface area contributed by atoms with E-state index in [1.54, 1.807) is 24.3 Å². The highest BCUT2D eigenvalue weighted by molar-refractivity contribution is 6.30. The molecule has 0 bridgehead atoms. The van der Waals surface area contributed by atoms with Crippen LogP contribution in [0.4, 0.5) is 0 Å². The topological polar surface area (TPSA) is 100 Å². The normalized spacial score (nSPS) is 10.9. The number of amides is 1. The van der Waals surface area contributed by atoms with E-state index in [0.29, 0.717) is 23.7 Å². The molecule has 3 N–H and O–H groups in total. The van der Waals surface area contributed by atoms with Crippen molar-refractivity contribution in [2.45, 2.75) is 6.42 Å². The molecule has 1 amide bonds. The largest absolute Gasteiger partial charge is 0.506 e. The summed E-state index contributed by atoms with van der Waals surface area (Å²) in [6.07, 6.45) is 2.01. The smallest absolute Gasteiger partial charge is 0.266 e. The first-order valence-corrected chi connectivity index (χ1v) is 9.33. The Balaban J connectivity index is 1.61. The number of pyridine rings is 1. The first-order chi connectivity index (χ1) is 14.0. The van der Waals surface area contributed by atoms with Crippen LogP contribution in [-0.4, -0.2) is 32.3 Å². The van der Waals surface area contributed by atoms with Crippen LogP contribution in [0.15, 0.2) is 65.6 Å². The number of nitrogens with zero attached hydrogens (tertiary/aromatic N) is 2. The summed E-state index contributed by atoms with van der Waals surface area (Å²) in [5.74, 6) is -1.04. The summed E-state index contributed by atoms with van der Waals surface area (Å²) in [6, 6.07) is 16.5. The first kappa shape index (κ1) is 18.8. The second-order valence-corrected chi connectivity index (χ2v) is 6.90. The third-order valence-electron chi connectivity index (χ3n) is 4.56. The van der Waals surface area contributed by atoms with Crippen LogP contribution in [0, 0.1) is 0 Å². The van der Waals surface area contributed by atoms with Crippen LogP contribution in [-0.2, 0) is 6.42 Å². The van der Waals surface area contributed by atoms with Crippen molar-refractivity contribution in [2.24, 2.45) is 0 Å². The molecule has 2 aromatic carbocycles. The molecule has 146 valence electrons. The Hall–Kier alpha value is -3.58. The molecule has 0 saturated carbocycles. The van der Waals surface area contributed by atoms with Gasteiger partial charge in [0.25, 0.3) is 11.5 Å². The molecule has 4 rings (SSSR count). The minimum absolute atomic E-state index is 0.271. The Morgan fingerprint density at radius 3 is 2.59 bits per heavy atom. The zero-order valence-corrected chi connectivity index (χ0v) is 16.0. The molecule has 29 heavy (non-hydrogen) atoms. The number of H-pyrrole nitrogens is 1. The molecular formula is C21H17ClN4O3. The Morgan fingerprint density at radius 2 is 1.86 bits per heavy atom. The van der Waals surface area contributed by atoms with Crippen LogP contribution in [0.2, 0.25) is 5.02 Å². The number of aromatic nitrogens is 3. The SMILES string of the molecule is O=C(NCCc1ccccc1)c1c(O)c2cnn(-c3ccc(Cl)cc3)c2[nH]c1=O. The second kappa shape index (κ2) is 7.81. The number of fused-ring (bicyclic) bond motifs is 1. The van der Waals surface area contributed by atoms with Crippen molar-refractivity contribution in [2.75, 3.05) is 6.54 Å². The number of hydrogen-bond donors (Lipinski definition) is 3. The predicted octanol–water partition coefficient (Wildman–Crippen LogP) is 3.05. The summed E-state index contributed by atoms with van der Waals surface area (Å²) >= 11 is 5.91. The molecule has 0 atom stereocenters. The molecule has 0 saturated heterocycles. The molecule has 2 aromatic heterocycles. The van der Waals surface area contributed by atoms with Crippen molar-refractivity contribution in [3.8, 4) is 11.4 Å². The van der Waals surface area contributed by atoms with E-state index in [-0.39, 0.29) is 16.6 Å². The van der Waals surface area contributed by atoms with E-state index in [4.69, 9.17) is 11.6 Å². The molecule has 8 heteroatoms. The molecule has 0 fully saturated rings. The highest BCUT2D eigenvalue weighted by Gasteiger charge is 2.21. The molecule has 0 aliphatic carbocycles. The van der Waals surface area contributed by atoms with Gasteiger partial charge in [0.05, 0.1) is 17.3 Å². The standard InChI is InChI=1S/C21H17ClN4O3/c22-14-6-8-15(9-7-14)26-19-16(12-24-26)18(27)17(21(29)25-19)20(28)23-11-10-13-4-2-1-3-5-13/h1-9,12H,10-11H2,(H,23,28)(H2,25,27,29). The van der Waals surface area contributed by atoms with Crippen LogP contribution >= 0.6 is 11.6 Å². The number of benzene rings is 2. The second-order valence-electron chi connectivity index (χ2n) is 6.46. The van der Waals surface area contributed by atoms with E-state index in [1.807, 2.05) is 30.3 Å². The zero-order valence-electron chi connectivity index (χ0n) is 15.2. The van der Waals surface area contributed by atoms with Crippen molar-refractivity contribution < 1.29 is 9.90 Å². The molecule has 4 aromatic rings. The van der Waals surface area contributed by atoms with Crippen LogP contribution in [0.3, 0.4) is 0 Å². The lowest BCUT2D eigenvalue weighted by Gasteiger charge is -2.08. The van der Waals surface area contributed by atoms with Crippen LogP contribution in [0.25, 0.3) is 16.7 Å². The fourth-order valence-electron chi connectivity index (χ4n) is 3.10. The van der Waals surface area contributed by atoms with E-state index in [2.05, 4.69) is 15.4 Å². The summed E-state index contributed by atoms with van der Waals surface area (Å²) in [5.41, 5.74) is 0.977. The lowest BCUT2D eigenvalue weighted by Crippen LogP contribution is -2.31. The Morgan fingerprint density at radius 1 is 1.14 bits per heavy atom. The highest BCUT2D eigenvalue weighted by Crippen LogP contribution is 2.26. The van der Waals surface area contributed by atoms with Gasteiger partial charge in [0, 0.05) is 11.6 Å². The Labute approximate surface area is 170 Å². The quantitative estimate of drug-likeness (QED) is 0.472. The molecule has 0 aliphatic rings. The highest BCUT2D eigenvalue weighted by atomic mass is 35.5. The van der Waals surface area contributed by atoms with Gasteiger partial charge in [-0.15, -0.1) is 0 Å². The Bertz CT molecular complexity index is 1230. The molecule has 0 unspecified atom stereocenters. The van der Waals surface area contributed by atoms with Gasteiger partial charge >= 0.3 is 0 Å². The number of halogens is 1. The monoisotopic (exact) mass is 408 g/mol. The predicted molar refractivity (Wildman–Crippen MR) is 111 cm³/mol. The summed E-state index contributed by atoms with van der Waals surface area (Å²) in [7, 11) is 0. The van der Waals surface area contributed by atoms with Crippen LogP contribution < -0.4 is 10.9 Å². The molecule has 0 aliphatic heterocycles. The zero-order chi connectivity index (χ0) is 20.4. The Kier molecular flexibility index (Phi) is 5.05. The summed E-state index contributed by atoms with van der Waals surface area (Å²) in [5, 5.41) is 18.3.